The molecule has 2 N–H and O–H groups in total. The van der Waals surface area contributed by atoms with E-state index in [-0.39, 0.29) is 18.4 Å². The van der Waals surface area contributed by atoms with E-state index in [2.05, 4.69) is 36.5 Å². The van der Waals surface area contributed by atoms with Gasteiger partial charge in [-0.2, -0.15) is 0 Å². The number of aryl methyl sites for hydroxylation is 1. The predicted octanol–water partition coefficient (Wildman–Crippen LogP) is 3.12. The van der Waals surface area contributed by atoms with Crippen LogP contribution in [0.15, 0.2) is 24.3 Å². The summed E-state index contributed by atoms with van der Waals surface area (Å²) in [6.07, 6.45) is 4.80. The number of rotatable bonds is 5. The van der Waals surface area contributed by atoms with Gasteiger partial charge < -0.3 is 10.4 Å². The van der Waals surface area contributed by atoms with Crippen LogP contribution >= 0.6 is 0 Å². The Morgan fingerprint density at radius 3 is 2.45 bits per heavy atom. The van der Waals surface area contributed by atoms with E-state index in [9.17, 15) is 9.90 Å². The molecule has 1 atom stereocenters. The summed E-state index contributed by atoms with van der Waals surface area (Å²) >= 11 is 0. The number of benzene rings is 1. The van der Waals surface area contributed by atoms with E-state index in [1.807, 2.05) is 6.92 Å². The molecule has 0 saturated heterocycles. The number of carbonyl (C=O) groups excluding carboxylic acids is 1. The van der Waals surface area contributed by atoms with Crippen molar-refractivity contribution >= 4 is 5.91 Å². The molecule has 0 aliphatic heterocycles. The van der Waals surface area contributed by atoms with Crippen molar-refractivity contribution in [1.29, 1.82) is 0 Å². The first kappa shape index (κ1) is 15.0. The Morgan fingerprint density at radius 2 is 1.90 bits per heavy atom. The van der Waals surface area contributed by atoms with Crippen LogP contribution < -0.4 is 5.32 Å². The maximum atomic E-state index is 12.0. The van der Waals surface area contributed by atoms with Crippen molar-refractivity contribution < 1.29 is 9.90 Å². The van der Waals surface area contributed by atoms with Crippen LogP contribution in [0.1, 0.15) is 63.1 Å². The third-order valence-electron chi connectivity index (χ3n) is 4.29. The zero-order chi connectivity index (χ0) is 14.6. The van der Waals surface area contributed by atoms with Gasteiger partial charge in [-0.1, -0.05) is 44.0 Å². The Hall–Kier alpha value is -1.35. The first-order chi connectivity index (χ1) is 9.52. The van der Waals surface area contributed by atoms with E-state index in [0.717, 1.165) is 37.7 Å². The van der Waals surface area contributed by atoms with E-state index >= 15 is 0 Å². The standard InChI is InChI=1S/C17H25NO2/c1-3-14-6-8-15(9-7-14)13(2)18-16(19)12-17(20)10-4-5-11-17/h6-9,13,20H,3-5,10-12H2,1-2H3,(H,18,19). The van der Waals surface area contributed by atoms with Gasteiger partial charge in [0.1, 0.15) is 0 Å². The van der Waals surface area contributed by atoms with Gasteiger partial charge in [0.05, 0.1) is 18.1 Å². The van der Waals surface area contributed by atoms with Crippen LogP contribution in [0.4, 0.5) is 0 Å². The average molecular weight is 275 g/mol. The summed E-state index contributed by atoms with van der Waals surface area (Å²) in [5, 5.41) is 13.2. The largest absolute Gasteiger partial charge is 0.389 e. The fourth-order valence-corrected chi connectivity index (χ4v) is 2.93. The molecule has 1 aliphatic rings. The number of amides is 1. The minimum absolute atomic E-state index is 0.0154. The fraction of sp³-hybridized carbons (Fsp3) is 0.588. The molecule has 1 saturated carbocycles. The molecule has 1 aliphatic carbocycles. The van der Waals surface area contributed by atoms with Gasteiger partial charge >= 0.3 is 0 Å². The SMILES string of the molecule is CCc1ccc(C(C)NC(=O)CC2(O)CCCC2)cc1. The molecule has 1 amide bonds. The molecule has 1 unspecified atom stereocenters. The number of hydrogen-bond donors (Lipinski definition) is 2. The Balaban J connectivity index is 1.89. The Morgan fingerprint density at radius 1 is 1.30 bits per heavy atom. The van der Waals surface area contributed by atoms with Gasteiger partial charge in [0, 0.05) is 0 Å². The van der Waals surface area contributed by atoms with Crippen molar-refractivity contribution in [2.45, 2.75) is 64.0 Å². The summed E-state index contributed by atoms with van der Waals surface area (Å²) in [5.74, 6) is -0.0542. The van der Waals surface area contributed by atoms with Gasteiger partial charge in [0.15, 0.2) is 0 Å². The summed E-state index contributed by atoms with van der Waals surface area (Å²) in [4.78, 5) is 12.0. The topological polar surface area (TPSA) is 49.3 Å². The maximum absolute atomic E-state index is 12.0. The van der Waals surface area contributed by atoms with Crippen molar-refractivity contribution in [2.24, 2.45) is 0 Å². The highest BCUT2D eigenvalue weighted by molar-refractivity contribution is 5.77. The molecule has 3 nitrogen and oxygen atoms in total. The maximum Gasteiger partial charge on any atom is 0.223 e. The molecule has 0 radical (unpaired) electrons. The molecule has 0 bridgehead atoms. The molecule has 1 aromatic rings. The third-order valence-corrected chi connectivity index (χ3v) is 4.29. The highest BCUT2D eigenvalue weighted by Gasteiger charge is 2.33. The first-order valence-electron chi connectivity index (χ1n) is 7.63. The van der Waals surface area contributed by atoms with Crippen LogP contribution in [0.2, 0.25) is 0 Å². The molecular formula is C17H25NO2. The predicted molar refractivity (Wildman–Crippen MR) is 80.4 cm³/mol. The Labute approximate surface area is 121 Å². The normalized spacial score (nSPS) is 18.8. The van der Waals surface area contributed by atoms with Crippen molar-refractivity contribution in [3.05, 3.63) is 35.4 Å². The van der Waals surface area contributed by atoms with Gasteiger partial charge in [0.2, 0.25) is 5.91 Å². The third kappa shape index (κ3) is 3.83. The molecule has 1 aromatic carbocycles. The Kier molecular flexibility index (Phi) is 4.81. The zero-order valence-corrected chi connectivity index (χ0v) is 12.5. The number of aliphatic hydroxyl groups is 1. The zero-order valence-electron chi connectivity index (χ0n) is 12.5. The molecule has 1 fully saturated rings. The monoisotopic (exact) mass is 275 g/mol. The highest BCUT2D eigenvalue weighted by atomic mass is 16.3. The molecule has 2 rings (SSSR count). The van der Waals surface area contributed by atoms with Gasteiger partial charge in [-0.05, 0) is 37.3 Å². The van der Waals surface area contributed by atoms with Crippen LogP contribution in [0, 0.1) is 0 Å². The molecule has 20 heavy (non-hydrogen) atoms. The van der Waals surface area contributed by atoms with Gasteiger partial charge in [0.25, 0.3) is 0 Å². The molecular weight excluding hydrogens is 250 g/mol. The number of carbonyl (C=O) groups is 1. The molecule has 3 heteroatoms. The van der Waals surface area contributed by atoms with Crippen LogP contribution in [-0.4, -0.2) is 16.6 Å². The molecule has 0 heterocycles. The molecule has 110 valence electrons. The quantitative estimate of drug-likeness (QED) is 0.867. The van der Waals surface area contributed by atoms with E-state index in [1.54, 1.807) is 0 Å². The van der Waals surface area contributed by atoms with Gasteiger partial charge in [-0.15, -0.1) is 0 Å². The van der Waals surface area contributed by atoms with Crippen molar-refractivity contribution in [1.82, 2.24) is 5.32 Å². The lowest BCUT2D eigenvalue weighted by Gasteiger charge is -2.23. The van der Waals surface area contributed by atoms with E-state index < -0.39 is 5.60 Å². The van der Waals surface area contributed by atoms with Crippen molar-refractivity contribution in [2.75, 3.05) is 0 Å². The van der Waals surface area contributed by atoms with Gasteiger partial charge in [-0.3, -0.25) is 4.79 Å². The van der Waals surface area contributed by atoms with E-state index in [4.69, 9.17) is 0 Å². The van der Waals surface area contributed by atoms with Crippen molar-refractivity contribution in [3.63, 3.8) is 0 Å². The lowest BCUT2D eigenvalue weighted by atomic mass is 9.97. The fourth-order valence-electron chi connectivity index (χ4n) is 2.93. The second kappa shape index (κ2) is 6.40. The molecule has 0 aromatic heterocycles. The lowest BCUT2D eigenvalue weighted by Crippen LogP contribution is -2.35. The number of nitrogens with one attached hydrogen (secondary N) is 1. The summed E-state index contributed by atoms with van der Waals surface area (Å²) < 4.78 is 0. The first-order valence-corrected chi connectivity index (χ1v) is 7.63. The van der Waals surface area contributed by atoms with Crippen LogP contribution in [0.25, 0.3) is 0 Å². The minimum Gasteiger partial charge on any atom is -0.389 e. The lowest BCUT2D eigenvalue weighted by molar-refractivity contribution is -0.126. The summed E-state index contributed by atoms with van der Waals surface area (Å²) in [6.45, 7) is 4.11. The van der Waals surface area contributed by atoms with Crippen LogP contribution in [0.3, 0.4) is 0 Å². The summed E-state index contributed by atoms with van der Waals surface area (Å²) in [7, 11) is 0. The second-order valence-electron chi connectivity index (χ2n) is 5.99. The van der Waals surface area contributed by atoms with Crippen molar-refractivity contribution in [3.8, 4) is 0 Å². The Bertz CT molecular complexity index is 447. The molecule has 0 spiro atoms. The smallest absolute Gasteiger partial charge is 0.223 e. The van der Waals surface area contributed by atoms with E-state index in [1.165, 1.54) is 5.56 Å². The second-order valence-corrected chi connectivity index (χ2v) is 5.99. The van der Waals surface area contributed by atoms with Gasteiger partial charge in [-0.25, -0.2) is 0 Å². The highest BCUT2D eigenvalue weighted by Crippen LogP contribution is 2.32. The number of hydrogen-bond acceptors (Lipinski definition) is 2. The van der Waals surface area contributed by atoms with E-state index in [0.29, 0.717) is 0 Å². The summed E-state index contributed by atoms with van der Waals surface area (Å²) in [6, 6.07) is 8.31. The summed E-state index contributed by atoms with van der Waals surface area (Å²) in [5.41, 5.74) is 1.64. The van der Waals surface area contributed by atoms with Crippen LogP contribution in [0.5, 0.6) is 0 Å². The average Bonchev–Trinajstić information content (AvgIpc) is 2.84. The van der Waals surface area contributed by atoms with Crippen LogP contribution in [-0.2, 0) is 11.2 Å². The minimum atomic E-state index is -0.768.